The molecule has 0 unspecified atom stereocenters. The number of amides is 1. The molecule has 1 amide bonds. The van der Waals surface area contributed by atoms with Crippen LogP contribution in [0.15, 0.2) is 51.8 Å². The molecular weight excluding hydrogens is 352 g/mol. The molecule has 6 heteroatoms. The second-order valence-corrected chi connectivity index (χ2v) is 5.98. The predicted octanol–water partition coefficient (Wildman–Crippen LogP) is 3.35. The first-order chi connectivity index (χ1) is 10.1. The van der Waals surface area contributed by atoms with Gasteiger partial charge in [-0.15, -0.1) is 11.8 Å². The Labute approximate surface area is 136 Å². The van der Waals surface area contributed by atoms with Crippen LogP contribution in [0.5, 0.6) is 5.75 Å². The van der Waals surface area contributed by atoms with E-state index >= 15 is 0 Å². The summed E-state index contributed by atoms with van der Waals surface area (Å²) >= 11 is 5.13. The van der Waals surface area contributed by atoms with Gasteiger partial charge in [0.05, 0.1) is 0 Å². The number of carbonyl (C=O) groups is 1. The van der Waals surface area contributed by atoms with Crippen LogP contribution in [0.2, 0.25) is 0 Å². The average molecular weight is 367 g/mol. The minimum absolute atomic E-state index is 0.323. The monoisotopic (exact) mass is 366 g/mol. The molecule has 0 aromatic heterocycles. The van der Waals surface area contributed by atoms with Crippen molar-refractivity contribution in [3.63, 3.8) is 0 Å². The molecule has 110 valence electrons. The molecule has 4 nitrogen and oxygen atoms in total. The van der Waals surface area contributed by atoms with Gasteiger partial charge in [-0.05, 0) is 42.7 Å². The summed E-state index contributed by atoms with van der Waals surface area (Å²) in [7, 11) is 0. The fourth-order valence-corrected chi connectivity index (χ4v) is 2.62. The summed E-state index contributed by atoms with van der Waals surface area (Å²) in [6.07, 6.45) is 2.03. The predicted molar refractivity (Wildman–Crippen MR) is 88.4 cm³/mol. The topological polar surface area (TPSA) is 64.3 Å². The van der Waals surface area contributed by atoms with E-state index in [0.717, 1.165) is 15.8 Å². The van der Waals surface area contributed by atoms with E-state index in [1.807, 2.05) is 36.6 Å². The van der Waals surface area contributed by atoms with Crippen molar-refractivity contribution >= 4 is 33.6 Å². The maximum atomic E-state index is 11.4. The Bertz CT molecular complexity index is 632. The van der Waals surface area contributed by atoms with Crippen molar-refractivity contribution in [2.45, 2.75) is 11.5 Å². The van der Waals surface area contributed by atoms with Crippen molar-refractivity contribution in [3.05, 3.63) is 58.1 Å². The largest absolute Gasteiger partial charge is 0.489 e. The Hall–Kier alpha value is -1.50. The van der Waals surface area contributed by atoms with Gasteiger partial charge in [-0.1, -0.05) is 22.0 Å². The fourth-order valence-electron chi connectivity index (χ4n) is 1.72. The van der Waals surface area contributed by atoms with Gasteiger partial charge < -0.3 is 4.74 Å². The zero-order chi connectivity index (χ0) is 15.2. The molecule has 0 atom stereocenters. The number of hydrogen-bond donors (Lipinski definition) is 2. The molecule has 0 fully saturated rings. The molecule has 0 heterocycles. The molecule has 2 aromatic rings. The van der Waals surface area contributed by atoms with Gasteiger partial charge in [-0.3, -0.25) is 10.2 Å². The molecule has 0 bridgehead atoms. The van der Waals surface area contributed by atoms with E-state index < -0.39 is 0 Å². The molecule has 2 aromatic carbocycles. The van der Waals surface area contributed by atoms with Gasteiger partial charge >= 0.3 is 0 Å². The van der Waals surface area contributed by atoms with Crippen LogP contribution in [-0.2, 0) is 6.61 Å². The van der Waals surface area contributed by atoms with E-state index in [4.69, 9.17) is 10.6 Å². The number of benzene rings is 2. The molecule has 0 aliphatic carbocycles. The first-order valence-corrected chi connectivity index (χ1v) is 8.22. The molecule has 0 saturated carbocycles. The third kappa shape index (κ3) is 4.23. The van der Waals surface area contributed by atoms with E-state index in [1.165, 1.54) is 4.90 Å². The van der Waals surface area contributed by atoms with Crippen LogP contribution in [0.25, 0.3) is 0 Å². The summed E-state index contributed by atoms with van der Waals surface area (Å²) in [6, 6.07) is 13.2. The van der Waals surface area contributed by atoms with Crippen molar-refractivity contribution in [3.8, 4) is 5.75 Å². The molecule has 2 rings (SSSR count). The van der Waals surface area contributed by atoms with Crippen molar-refractivity contribution in [2.24, 2.45) is 5.84 Å². The van der Waals surface area contributed by atoms with Gasteiger partial charge in [-0.25, -0.2) is 5.84 Å². The number of nitrogens with one attached hydrogen (secondary N) is 1. The minimum Gasteiger partial charge on any atom is -0.489 e. The van der Waals surface area contributed by atoms with E-state index in [1.54, 1.807) is 23.9 Å². The van der Waals surface area contributed by atoms with Gasteiger partial charge in [0.25, 0.3) is 5.91 Å². The summed E-state index contributed by atoms with van der Waals surface area (Å²) in [5, 5.41) is 0. The highest BCUT2D eigenvalue weighted by Crippen LogP contribution is 2.23. The molecule has 3 N–H and O–H groups in total. The van der Waals surface area contributed by atoms with Gasteiger partial charge in [0, 0.05) is 20.5 Å². The lowest BCUT2D eigenvalue weighted by molar-refractivity contribution is 0.0953. The lowest BCUT2D eigenvalue weighted by atomic mass is 10.1. The second-order valence-electron chi connectivity index (χ2n) is 4.24. The Balaban J connectivity index is 2.04. The summed E-state index contributed by atoms with van der Waals surface area (Å²) in [6.45, 7) is 0.420. The standard InChI is InChI=1S/C15H15BrN2O2S/c1-21-13-6-4-12(5-7-13)20-9-11-3-2-10(8-14(11)16)15(19)18-17/h2-8H,9,17H2,1H3,(H,18,19). The van der Waals surface area contributed by atoms with Crippen LogP contribution in [0.4, 0.5) is 0 Å². The van der Waals surface area contributed by atoms with E-state index in [-0.39, 0.29) is 5.91 Å². The Morgan fingerprint density at radius 3 is 2.57 bits per heavy atom. The molecule has 0 saturated heterocycles. The summed E-state index contributed by atoms with van der Waals surface area (Å²) < 4.78 is 6.54. The van der Waals surface area contributed by atoms with Crippen LogP contribution in [0.1, 0.15) is 15.9 Å². The zero-order valence-corrected chi connectivity index (χ0v) is 13.8. The number of ether oxygens (including phenoxy) is 1. The maximum Gasteiger partial charge on any atom is 0.265 e. The number of nitrogen functional groups attached to an aromatic ring is 1. The normalized spacial score (nSPS) is 10.2. The van der Waals surface area contributed by atoms with Crippen LogP contribution >= 0.6 is 27.7 Å². The highest BCUT2D eigenvalue weighted by molar-refractivity contribution is 9.10. The van der Waals surface area contributed by atoms with Gasteiger partial charge in [0.1, 0.15) is 12.4 Å². The Kier molecular flexibility index (Phi) is 5.67. The van der Waals surface area contributed by atoms with Crippen molar-refractivity contribution in [1.82, 2.24) is 5.43 Å². The first-order valence-electron chi connectivity index (χ1n) is 6.20. The minimum atomic E-state index is -0.323. The number of carbonyl (C=O) groups excluding carboxylic acids is 1. The van der Waals surface area contributed by atoms with Crippen molar-refractivity contribution in [1.29, 1.82) is 0 Å². The highest BCUT2D eigenvalue weighted by Gasteiger charge is 2.07. The molecule has 0 aliphatic rings. The quantitative estimate of drug-likeness (QED) is 0.368. The second kappa shape index (κ2) is 7.49. The number of hydrogen-bond acceptors (Lipinski definition) is 4. The van der Waals surface area contributed by atoms with E-state index in [9.17, 15) is 4.79 Å². The summed E-state index contributed by atoms with van der Waals surface area (Å²) in [5.41, 5.74) is 3.56. The van der Waals surface area contributed by atoms with Crippen molar-refractivity contribution in [2.75, 3.05) is 6.26 Å². The third-order valence-corrected chi connectivity index (χ3v) is 4.38. The molecule has 21 heavy (non-hydrogen) atoms. The summed E-state index contributed by atoms with van der Waals surface area (Å²) in [4.78, 5) is 12.6. The highest BCUT2D eigenvalue weighted by atomic mass is 79.9. The Morgan fingerprint density at radius 1 is 1.29 bits per heavy atom. The number of hydrazine groups is 1. The SMILES string of the molecule is CSc1ccc(OCc2ccc(C(=O)NN)cc2Br)cc1. The molecule has 0 spiro atoms. The van der Waals surface area contributed by atoms with E-state index in [2.05, 4.69) is 21.4 Å². The summed E-state index contributed by atoms with van der Waals surface area (Å²) in [5.74, 6) is 5.59. The molecule has 0 aliphatic heterocycles. The first kappa shape index (κ1) is 15.9. The lowest BCUT2D eigenvalue weighted by Crippen LogP contribution is -2.29. The number of halogens is 1. The fraction of sp³-hybridized carbons (Fsp3) is 0.133. The number of thioether (sulfide) groups is 1. The Morgan fingerprint density at radius 2 is 2.00 bits per heavy atom. The van der Waals surface area contributed by atoms with Gasteiger partial charge in [-0.2, -0.15) is 0 Å². The van der Waals surface area contributed by atoms with Crippen LogP contribution in [0.3, 0.4) is 0 Å². The van der Waals surface area contributed by atoms with Crippen LogP contribution in [0, 0.1) is 0 Å². The van der Waals surface area contributed by atoms with Crippen LogP contribution in [-0.4, -0.2) is 12.2 Å². The van der Waals surface area contributed by atoms with Gasteiger partial charge in [0.2, 0.25) is 0 Å². The third-order valence-electron chi connectivity index (χ3n) is 2.90. The van der Waals surface area contributed by atoms with E-state index in [0.29, 0.717) is 12.2 Å². The number of rotatable bonds is 5. The van der Waals surface area contributed by atoms with Crippen molar-refractivity contribution < 1.29 is 9.53 Å². The molecular formula is C15H15BrN2O2S. The smallest absolute Gasteiger partial charge is 0.265 e. The zero-order valence-electron chi connectivity index (χ0n) is 11.4. The maximum absolute atomic E-state index is 11.4. The average Bonchev–Trinajstić information content (AvgIpc) is 2.53. The van der Waals surface area contributed by atoms with Gasteiger partial charge in [0.15, 0.2) is 0 Å². The van der Waals surface area contributed by atoms with Crippen LogP contribution < -0.4 is 16.0 Å². The molecule has 0 radical (unpaired) electrons. The number of nitrogens with two attached hydrogens (primary N) is 1. The lowest BCUT2D eigenvalue weighted by Gasteiger charge is -2.09.